The summed E-state index contributed by atoms with van der Waals surface area (Å²) in [5, 5.41) is 6.81. The van der Waals surface area contributed by atoms with E-state index in [0.717, 1.165) is 5.56 Å². The summed E-state index contributed by atoms with van der Waals surface area (Å²) in [6.07, 6.45) is 0. The first kappa shape index (κ1) is 16.6. The molecular formula is C19H18N2O4. The molecule has 6 nitrogen and oxygen atoms in total. The predicted molar refractivity (Wildman–Crippen MR) is 92.7 cm³/mol. The molecule has 128 valence electrons. The highest BCUT2D eigenvalue weighted by molar-refractivity contribution is 5.94. The van der Waals surface area contributed by atoms with Gasteiger partial charge < -0.3 is 19.3 Å². The van der Waals surface area contributed by atoms with Crippen molar-refractivity contribution in [2.45, 2.75) is 6.54 Å². The standard InChI is InChI=1S/C19H18N2O4/c1-23-16-9-8-14(10-18(16)24-2)17-11-15(21-25-17)12-20-19(22)13-6-4-3-5-7-13/h3-11H,12H2,1-2H3,(H,20,22). The molecule has 1 aromatic heterocycles. The van der Waals surface area contributed by atoms with Gasteiger partial charge in [-0.1, -0.05) is 23.4 Å². The van der Waals surface area contributed by atoms with Crippen LogP contribution in [0.15, 0.2) is 59.1 Å². The van der Waals surface area contributed by atoms with E-state index in [1.165, 1.54) is 0 Å². The maximum Gasteiger partial charge on any atom is 0.251 e. The number of carbonyl (C=O) groups is 1. The van der Waals surface area contributed by atoms with E-state index in [-0.39, 0.29) is 12.5 Å². The Balaban J connectivity index is 1.69. The number of carbonyl (C=O) groups excluding carboxylic acids is 1. The molecule has 0 fully saturated rings. The summed E-state index contributed by atoms with van der Waals surface area (Å²) >= 11 is 0. The molecule has 25 heavy (non-hydrogen) atoms. The summed E-state index contributed by atoms with van der Waals surface area (Å²) in [5.74, 6) is 1.68. The van der Waals surface area contributed by atoms with E-state index in [0.29, 0.717) is 28.5 Å². The molecule has 0 aliphatic carbocycles. The lowest BCUT2D eigenvalue weighted by Gasteiger charge is -2.07. The van der Waals surface area contributed by atoms with Crippen molar-refractivity contribution in [2.75, 3.05) is 14.2 Å². The molecular weight excluding hydrogens is 320 g/mol. The van der Waals surface area contributed by atoms with Crippen LogP contribution < -0.4 is 14.8 Å². The molecule has 0 saturated carbocycles. The average Bonchev–Trinajstić information content (AvgIpc) is 3.15. The first-order valence-corrected chi connectivity index (χ1v) is 7.72. The Morgan fingerprint density at radius 3 is 2.52 bits per heavy atom. The zero-order valence-corrected chi connectivity index (χ0v) is 14.0. The zero-order chi connectivity index (χ0) is 17.6. The molecule has 0 bridgehead atoms. The van der Waals surface area contributed by atoms with Gasteiger partial charge in [-0.3, -0.25) is 4.79 Å². The second-order valence-corrected chi connectivity index (χ2v) is 5.30. The van der Waals surface area contributed by atoms with E-state index < -0.39 is 0 Å². The van der Waals surface area contributed by atoms with Gasteiger partial charge in [0.25, 0.3) is 5.91 Å². The lowest BCUT2D eigenvalue weighted by molar-refractivity contribution is 0.0950. The van der Waals surface area contributed by atoms with Crippen molar-refractivity contribution in [3.63, 3.8) is 0 Å². The van der Waals surface area contributed by atoms with Crippen LogP contribution in [0.2, 0.25) is 0 Å². The van der Waals surface area contributed by atoms with Crippen LogP contribution in [0.1, 0.15) is 16.1 Å². The number of ether oxygens (including phenoxy) is 2. The molecule has 0 aliphatic heterocycles. The second-order valence-electron chi connectivity index (χ2n) is 5.30. The number of nitrogens with zero attached hydrogens (tertiary/aromatic N) is 1. The maximum absolute atomic E-state index is 12.0. The summed E-state index contributed by atoms with van der Waals surface area (Å²) in [7, 11) is 3.16. The van der Waals surface area contributed by atoms with Crippen molar-refractivity contribution in [1.29, 1.82) is 0 Å². The van der Waals surface area contributed by atoms with E-state index in [1.807, 2.05) is 30.3 Å². The largest absolute Gasteiger partial charge is 0.493 e. The molecule has 0 unspecified atom stereocenters. The highest BCUT2D eigenvalue weighted by Crippen LogP contribution is 2.32. The van der Waals surface area contributed by atoms with Gasteiger partial charge in [0.1, 0.15) is 5.69 Å². The van der Waals surface area contributed by atoms with Crippen LogP contribution in [0, 0.1) is 0 Å². The van der Waals surface area contributed by atoms with Gasteiger partial charge in [-0.05, 0) is 30.3 Å². The Labute approximate surface area is 145 Å². The highest BCUT2D eigenvalue weighted by atomic mass is 16.5. The maximum atomic E-state index is 12.0. The van der Waals surface area contributed by atoms with Gasteiger partial charge in [0.05, 0.1) is 20.8 Å². The van der Waals surface area contributed by atoms with Crippen molar-refractivity contribution in [2.24, 2.45) is 0 Å². The summed E-state index contributed by atoms with van der Waals surface area (Å²) in [6.45, 7) is 0.282. The van der Waals surface area contributed by atoms with Crippen molar-refractivity contribution < 1.29 is 18.8 Å². The van der Waals surface area contributed by atoms with Gasteiger partial charge in [0.15, 0.2) is 17.3 Å². The fraction of sp³-hybridized carbons (Fsp3) is 0.158. The van der Waals surface area contributed by atoms with Crippen LogP contribution in [0.25, 0.3) is 11.3 Å². The minimum Gasteiger partial charge on any atom is -0.493 e. The third kappa shape index (κ3) is 3.80. The third-order valence-corrected chi connectivity index (χ3v) is 3.69. The summed E-state index contributed by atoms with van der Waals surface area (Å²) in [4.78, 5) is 12.0. The number of benzene rings is 2. The monoisotopic (exact) mass is 338 g/mol. The minimum absolute atomic E-state index is 0.156. The highest BCUT2D eigenvalue weighted by Gasteiger charge is 2.12. The first-order chi connectivity index (χ1) is 12.2. The predicted octanol–water partition coefficient (Wildman–Crippen LogP) is 3.29. The number of nitrogens with one attached hydrogen (secondary N) is 1. The second kappa shape index (κ2) is 7.53. The average molecular weight is 338 g/mol. The third-order valence-electron chi connectivity index (χ3n) is 3.69. The minimum atomic E-state index is -0.156. The fourth-order valence-corrected chi connectivity index (χ4v) is 2.38. The molecule has 0 aliphatic rings. The molecule has 6 heteroatoms. The van der Waals surface area contributed by atoms with E-state index in [9.17, 15) is 4.79 Å². The van der Waals surface area contributed by atoms with Gasteiger partial charge in [-0.25, -0.2) is 0 Å². The lowest BCUT2D eigenvalue weighted by atomic mass is 10.1. The van der Waals surface area contributed by atoms with Crippen LogP contribution in [-0.4, -0.2) is 25.3 Å². The molecule has 1 amide bonds. The van der Waals surface area contributed by atoms with E-state index in [4.69, 9.17) is 14.0 Å². The zero-order valence-electron chi connectivity index (χ0n) is 14.0. The van der Waals surface area contributed by atoms with Crippen LogP contribution in [0.3, 0.4) is 0 Å². The van der Waals surface area contributed by atoms with Crippen molar-refractivity contribution in [3.05, 3.63) is 65.9 Å². The van der Waals surface area contributed by atoms with Crippen LogP contribution in [0.5, 0.6) is 11.5 Å². The Bertz CT molecular complexity index is 859. The normalized spacial score (nSPS) is 10.3. The molecule has 0 saturated heterocycles. The molecule has 1 heterocycles. The van der Waals surface area contributed by atoms with Crippen LogP contribution in [0.4, 0.5) is 0 Å². The summed E-state index contributed by atoms with van der Waals surface area (Å²) < 4.78 is 15.9. The summed E-state index contributed by atoms with van der Waals surface area (Å²) in [6, 6.07) is 16.3. The van der Waals surface area contributed by atoms with E-state index >= 15 is 0 Å². The summed E-state index contributed by atoms with van der Waals surface area (Å²) in [5.41, 5.74) is 2.05. The van der Waals surface area contributed by atoms with E-state index in [2.05, 4.69) is 10.5 Å². The Hall–Kier alpha value is -3.28. The molecule has 0 spiro atoms. The fourth-order valence-electron chi connectivity index (χ4n) is 2.38. The first-order valence-electron chi connectivity index (χ1n) is 7.72. The topological polar surface area (TPSA) is 73.6 Å². The quantitative estimate of drug-likeness (QED) is 0.746. The van der Waals surface area contributed by atoms with Gasteiger partial charge in [0.2, 0.25) is 0 Å². The van der Waals surface area contributed by atoms with Crippen LogP contribution >= 0.6 is 0 Å². The van der Waals surface area contributed by atoms with Crippen molar-refractivity contribution in [3.8, 4) is 22.8 Å². The molecule has 1 N–H and O–H groups in total. The molecule has 3 rings (SSSR count). The van der Waals surface area contributed by atoms with Crippen molar-refractivity contribution in [1.82, 2.24) is 10.5 Å². The van der Waals surface area contributed by atoms with Gasteiger partial charge in [-0.15, -0.1) is 0 Å². The van der Waals surface area contributed by atoms with Crippen LogP contribution in [-0.2, 0) is 6.54 Å². The van der Waals surface area contributed by atoms with Gasteiger partial charge in [-0.2, -0.15) is 0 Å². The number of methoxy groups -OCH3 is 2. The number of rotatable bonds is 6. The van der Waals surface area contributed by atoms with Gasteiger partial charge in [0, 0.05) is 17.2 Å². The Kier molecular flexibility index (Phi) is 4.99. The Morgan fingerprint density at radius 1 is 1.04 bits per heavy atom. The molecule has 3 aromatic rings. The Morgan fingerprint density at radius 2 is 1.80 bits per heavy atom. The van der Waals surface area contributed by atoms with Gasteiger partial charge >= 0.3 is 0 Å². The number of hydrogen-bond donors (Lipinski definition) is 1. The van der Waals surface area contributed by atoms with E-state index in [1.54, 1.807) is 38.5 Å². The number of aromatic nitrogens is 1. The number of hydrogen-bond acceptors (Lipinski definition) is 5. The lowest BCUT2D eigenvalue weighted by Crippen LogP contribution is -2.22. The molecule has 0 radical (unpaired) electrons. The smallest absolute Gasteiger partial charge is 0.251 e. The number of amides is 1. The van der Waals surface area contributed by atoms with Crippen molar-refractivity contribution >= 4 is 5.91 Å². The molecule has 0 atom stereocenters. The molecule has 2 aromatic carbocycles. The SMILES string of the molecule is COc1ccc(-c2cc(CNC(=O)c3ccccc3)no2)cc1OC.